The topological polar surface area (TPSA) is 58.8 Å². The van der Waals surface area contributed by atoms with Crippen molar-refractivity contribution < 1.29 is 9.13 Å². The van der Waals surface area contributed by atoms with Crippen LogP contribution in [0.25, 0.3) is 0 Å². The van der Waals surface area contributed by atoms with Crippen molar-refractivity contribution >= 4 is 0 Å². The Morgan fingerprint density at radius 3 is 2.52 bits per heavy atom. The second kappa shape index (κ2) is 10.9. The van der Waals surface area contributed by atoms with Crippen molar-refractivity contribution in [2.75, 3.05) is 6.61 Å². The number of halogens is 1. The Morgan fingerprint density at radius 2 is 1.86 bits per heavy atom. The molecule has 0 saturated heterocycles. The third-order valence-corrected chi connectivity index (χ3v) is 5.79. The molecule has 1 heterocycles. The summed E-state index contributed by atoms with van der Waals surface area (Å²) in [6.07, 6.45) is 14.2. The van der Waals surface area contributed by atoms with Gasteiger partial charge in [0.1, 0.15) is 5.82 Å². The van der Waals surface area contributed by atoms with E-state index in [0.29, 0.717) is 24.0 Å². The number of ether oxygens (including phenoxy) is 1. The third kappa shape index (κ3) is 6.25. The number of aryl methyl sites for hydroxylation is 1. The van der Waals surface area contributed by atoms with Gasteiger partial charge in [0, 0.05) is 18.3 Å². The highest BCUT2D eigenvalue weighted by atomic mass is 19.1. The summed E-state index contributed by atoms with van der Waals surface area (Å²) >= 11 is 0. The summed E-state index contributed by atoms with van der Waals surface area (Å²) in [4.78, 5) is 9.26. The van der Waals surface area contributed by atoms with E-state index < -0.39 is 5.82 Å². The second-order valence-electron chi connectivity index (χ2n) is 8.05. The van der Waals surface area contributed by atoms with Gasteiger partial charge in [0.25, 0.3) is 0 Å². The molecule has 0 bridgehead atoms. The zero-order valence-corrected chi connectivity index (χ0v) is 17.2. The Hall–Kier alpha value is -2.48. The van der Waals surface area contributed by atoms with Crippen LogP contribution in [0, 0.1) is 23.1 Å². The Balaban J connectivity index is 1.42. The van der Waals surface area contributed by atoms with Crippen LogP contribution < -0.4 is 4.74 Å². The van der Waals surface area contributed by atoms with Gasteiger partial charge in [-0.2, -0.15) is 5.26 Å². The van der Waals surface area contributed by atoms with E-state index in [4.69, 9.17) is 10.00 Å². The van der Waals surface area contributed by atoms with Gasteiger partial charge in [0.05, 0.1) is 18.2 Å². The Bertz CT molecular complexity index is 808. The van der Waals surface area contributed by atoms with Gasteiger partial charge in [-0.15, -0.1) is 0 Å². The van der Waals surface area contributed by atoms with Crippen LogP contribution in [0.1, 0.15) is 81.2 Å². The fourth-order valence-electron chi connectivity index (χ4n) is 3.94. The number of rotatable bonds is 9. The fourth-order valence-corrected chi connectivity index (χ4v) is 3.94. The molecular weight excluding hydrogens is 365 g/mol. The van der Waals surface area contributed by atoms with Crippen LogP contribution in [0.4, 0.5) is 4.39 Å². The van der Waals surface area contributed by atoms with Crippen LogP contribution in [-0.4, -0.2) is 16.6 Å². The van der Waals surface area contributed by atoms with E-state index in [9.17, 15) is 4.39 Å². The molecule has 0 radical (unpaired) electrons. The molecule has 1 aliphatic carbocycles. The average molecular weight is 396 g/mol. The lowest BCUT2D eigenvalue weighted by Gasteiger charge is -2.27. The highest BCUT2D eigenvalue weighted by molar-refractivity contribution is 5.36. The van der Waals surface area contributed by atoms with E-state index in [1.165, 1.54) is 43.4 Å². The lowest BCUT2D eigenvalue weighted by Crippen LogP contribution is -2.20. The average Bonchev–Trinajstić information content (AvgIpc) is 2.77. The first-order valence-corrected chi connectivity index (χ1v) is 10.8. The summed E-state index contributed by atoms with van der Waals surface area (Å²) in [5.74, 6) is 1.54. The number of nitriles is 1. The Morgan fingerprint density at radius 1 is 1.10 bits per heavy atom. The van der Waals surface area contributed by atoms with Crippen LogP contribution in [0.15, 0.2) is 30.6 Å². The molecule has 1 fully saturated rings. The molecule has 1 aliphatic rings. The van der Waals surface area contributed by atoms with Gasteiger partial charge in [-0.1, -0.05) is 26.2 Å². The molecule has 1 saturated carbocycles. The monoisotopic (exact) mass is 395 g/mol. The second-order valence-corrected chi connectivity index (χ2v) is 8.05. The number of hydrogen-bond donors (Lipinski definition) is 0. The molecule has 3 rings (SSSR count). The maximum Gasteiger partial charge on any atom is 0.166 e. The highest BCUT2D eigenvalue weighted by Crippen LogP contribution is 2.34. The molecule has 0 atom stereocenters. The van der Waals surface area contributed by atoms with Crippen LogP contribution >= 0.6 is 0 Å². The van der Waals surface area contributed by atoms with Crippen molar-refractivity contribution in [1.82, 2.24) is 9.97 Å². The summed E-state index contributed by atoms with van der Waals surface area (Å²) in [5, 5.41) is 8.81. The van der Waals surface area contributed by atoms with Crippen LogP contribution in [-0.2, 0) is 6.42 Å². The Kier molecular flexibility index (Phi) is 7.98. The molecule has 0 N–H and O–H groups in total. The molecule has 154 valence electrons. The normalized spacial score (nSPS) is 18.9. The van der Waals surface area contributed by atoms with Crippen molar-refractivity contribution in [2.24, 2.45) is 5.92 Å². The zero-order valence-electron chi connectivity index (χ0n) is 17.2. The van der Waals surface area contributed by atoms with Crippen LogP contribution in [0.3, 0.4) is 0 Å². The van der Waals surface area contributed by atoms with Crippen molar-refractivity contribution in [1.29, 1.82) is 5.26 Å². The van der Waals surface area contributed by atoms with Crippen molar-refractivity contribution in [3.63, 3.8) is 0 Å². The van der Waals surface area contributed by atoms with Gasteiger partial charge in [0.2, 0.25) is 0 Å². The highest BCUT2D eigenvalue weighted by Gasteiger charge is 2.24. The summed E-state index contributed by atoms with van der Waals surface area (Å²) < 4.78 is 19.6. The summed E-state index contributed by atoms with van der Waals surface area (Å²) in [7, 11) is 0. The molecule has 29 heavy (non-hydrogen) atoms. The first kappa shape index (κ1) is 21.2. The van der Waals surface area contributed by atoms with Gasteiger partial charge < -0.3 is 4.74 Å². The zero-order chi connectivity index (χ0) is 20.5. The standard InChI is InChI=1S/C24H30FN3O/c1-2-3-4-5-6-20-15-27-24(28-16-20)21-10-7-18(8-11-21)17-29-23-12-9-19(14-26)13-22(23)25/h9,12-13,15-16,18,21H,2-8,10-11,17H2,1H3. The maximum atomic E-state index is 13.9. The van der Waals surface area contributed by atoms with E-state index in [0.717, 1.165) is 37.9 Å². The van der Waals surface area contributed by atoms with E-state index in [1.807, 2.05) is 18.5 Å². The first-order valence-electron chi connectivity index (χ1n) is 10.8. The summed E-state index contributed by atoms with van der Waals surface area (Å²) in [6, 6.07) is 6.27. The minimum Gasteiger partial charge on any atom is -0.490 e. The molecule has 1 aromatic heterocycles. The molecule has 0 spiro atoms. The molecule has 4 nitrogen and oxygen atoms in total. The SMILES string of the molecule is CCCCCCc1cnc(C2CCC(COc3ccc(C#N)cc3F)CC2)nc1. The minimum atomic E-state index is -0.471. The van der Waals surface area contributed by atoms with E-state index in [-0.39, 0.29) is 5.75 Å². The predicted octanol–water partition coefficient (Wildman–Crippen LogP) is 5.96. The first-order chi connectivity index (χ1) is 14.2. The quantitative estimate of drug-likeness (QED) is 0.491. The van der Waals surface area contributed by atoms with Crippen LogP contribution in [0.2, 0.25) is 0 Å². The predicted molar refractivity (Wildman–Crippen MR) is 111 cm³/mol. The smallest absolute Gasteiger partial charge is 0.166 e. The van der Waals surface area contributed by atoms with E-state index in [1.54, 1.807) is 6.07 Å². The van der Waals surface area contributed by atoms with Gasteiger partial charge >= 0.3 is 0 Å². The van der Waals surface area contributed by atoms with E-state index in [2.05, 4.69) is 16.9 Å². The third-order valence-electron chi connectivity index (χ3n) is 5.79. The lowest BCUT2D eigenvalue weighted by molar-refractivity contribution is 0.192. The molecule has 5 heteroatoms. The van der Waals surface area contributed by atoms with Crippen molar-refractivity contribution in [3.8, 4) is 11.8 Å². The molecule has 0 aliphatic heterocycles. The molecule has 2 aromatic rings. The van der Waals surface area contributed by atoms with Gasteiger partial charge in [-0.3, -0.25) is 0 Å². The lowest BCUT2D eigenvalue weighted by atomic mass is 9.82. The summed E-state index contributed by atoms with van der Waals surface area (Å²) in [5.41, 5.74) is 1.54. The number of aromatic nitrogens is 2. The fraction of sp³-hybridized carbons (Fsp3) is 0.542. The van der Waals surface area contributed by atoms with Gasteiger partial charge in [-0.25, -0.2) is 14.4 Å². The largest absolute Gasteiger partial charge is 0.490 e. The van der Waals surface area contributed by atoms with Crippen LogP contribution in [0.5, 0.6) is 5.75 Å². The summed E-state index contributed by atoms with van der Waals surface area (Å²) in [6.45, 7) is 2.73. The van der Waals surface area contributed by atoms with Gasteiger partial charge in [0.15, 0.2) is 11.6 Å². The molecule has 0 unspecified atom stereocenters. The number of hydrogen-bond acceptors (Lipinski definition) is 4. The number of benzene rings is 1. The maximum absolute atomic E-state index is 13.9. The molecule has 1 aromatic carbocycles. The Labute approximate surface area is 173 Å². The van der Waals surface area contributed by atoms with Crippen molar-refractivity contribution in [3.05, 3.63) is 53.4 Å². The minimum absolute atomic E-state index is 0.226. The molecule has 0 amide bonds. The number of nitrogens with zero attached hydrogens (tertiary/aromatic N) is 3. The van der Waals surface area contributed by atoms with Gasteiger partial charge in [-0.05, 0) is 68.2 Å². The van der Waals surface area contributed by atoms with E-state index >= 15 is 0 Å². The number of unbranched alkanes of at least 4 members (excludes halogenated alkanes) is 3. The molecular formula is C24H30FN3O. The van der Waals surface area contributed by atoms with Crippen molar-refractivity contribution in [2.45, 2.75) is 70.6 Å².